The molecule has 7 heteroatoms. The summed E-state index contributed by atoms with van der Waals surface area (Å²) in [6.45, 7) is 4.81. The van der Waals surface area contributed by atoms with Crippen LogP contribution < -0.4 is 15.4 Å². The topological polar surface area (TPSA) is 105 Å². The molecule has 120 valence electrons. The second-order valence-corrected chi connectivity index (χ2v) is 5.12. The van der Waals surface area contributed by atoms with E-state index in [1.54, 1.807) is 24.3 Å². The van der Waals surface area contributed by atoms with Gasteiger partial charge < -0.3 is 20.5 Å². The number of amides is 2. The molecule has 1 rings (SSSR count). The van der Waals surface area contributed by atoms with Crippen LogP contribution in [-0.2, 0) is 9.59 Å². The van der Waals surface area contributed by atoms with Crippen molar-refractivity contribution in [3.8, 4) is 5.75 Å². The van der Waals surface area contributed by atoms with Gasteiger partial charge in [-0.2, -0.15) is 0 Å². The van der Waals surface area contributed by atoms with Crippen molar-refractivity contribution in [2.75, 3.05) is 13.2 Å². The lowest BCUT2D eigenvalue weighted by molar-refractivity contribution is -0.145. The van der Waals surface area contributed by atoms with E-state index in [-0.39, 0.29) is 6.54 Å². The third-order valence-corrected chi connectivity index (χ3v) is 2.82. The number of nitrogens with one attached hydrogen (secondary N) is 2. The molecule has 0 fully saturated rings. The second kappa shape index (κ2) is 7.44. The average molecular weight is 308 g/mol. The Kier molecular flexibility index (Phi) is 5.91. The average Bonchev–Trinajstić information content (AvgIpc) is 2.45. The Morgan fingerprint density at radius 3 is 2.27 bits per heavy atom. The van der Waals surface area contributed by atoms with Gasteiger partial charge in [0.15, 0.2) is 0 Å². The first-order chi connectivity index (χ1) is 10.3. The number of carbonyl (C=O) groups excluding carboxylic acids is 2. The molecule has 0 bridgehead atoms. The number of carboxylic acid groups (broad SMARTS) is 1. The number of carboxylic acids is 1. The van der Waals surface area contributed by atoms with Gasteiger partial charge >= 0.3 is 5.97 Å². The van der Waals surface area contributed by atoms with E-state index in [9.17, 15) is 14.4 Å². The zero-order chi connectivity index (χ0) is 16.8. The third-order valence-electron chi connectivity index (χ3n) is 2.82. The maximum atomic E-state index is 11.9. The quantitative estimate of drug-likeness (QED) is 0.691. The summed E-state index contributed by atoms with van der Waals surface area (Å²) < 4.78 is 5.26. The summed E-state index contributed by atoms with van der Waals surface area (Å²) >= 11 is 0. The molecule has 0 aliphatic rings. The van der Waals surface area contributed by atoms with Gasteiger partial charge in [-0.1, -0.05) is 0 Å². The van der Waals surface area contributed by atoms with Crippen molar-refractivity contribution >= 4 is 17.8 Å². The lowest BCUT2D eigenvalue weighted by Crippen LogP contribution is -2.52. The Morgan fingerprint density at radius 2 is 1.77 bits per heavy atom. The molecule has 0 saturated heterocycles. The second-order valence-electron chi connectivity index (χ2n) is 5.12. The fraction of sp³-hybridized carbons (Fsp3) is 0.400. The molecule has 0 atom stereocenters. The number of ether oxygens (including phenoxy) is 1. The summed E-state index contributed by atoms with van der Waals surface area (Å²) in [4.78, 5) is 34.4. The van der Waals surface area contributed by atoms with Crippen LogP contribution in [-0.4, -0.2) is 41.6 Å². The van der Waals surface area contributed by atoms with E-state index in [0.29, 0.717) is 17.9 Å². The molecule has 22 heavy (non-hydrogen) atoms. The minimum Gasteiger partial charge on any atom is -0.494 e. The first kappa shape index (κ1) is 17.5. The fourth-order valence-electron chi connectivity index (χ4n) is 1.58. The van der Waals surface area contributed by atoms with Gasteiger partial charge in [-0.25, -0.2) is 4.79 Å². The normalized spacial score (nSPS) is 10.7. The molecule has 0 aromatic heterocycles. The van der Waals surface area contributed by atoms with E-state index in [1.807, 2.05) is 6.92 Å². The Hall–Kier alpha value is -2.57. The maximum absolute atomic E-state index is 11.9. The number of benzene rings is 1. The summed E-state index contributed by atoms with van der Waals surface area (Å²) in [6.07, 6.45) is 0. The number of hydrogen-bond donors (Lipinski definition) is 3. The fourth-order valence-corrected chi connectivity index (χ4v) is 1.58. The Balaban J connectivity index is 2.52. The molecule has 2 amide bonds. The first-order valence-corrected chi connectivity index (χ1v) is 6.81. The van der Waals surface area contributed by atoms with Crippen LogP contribution in [0.5, 0.6) is 5.75 Å². The van der Waals surface area contributed by atoms with Gasteiger partial charge in [-0.15, -0.1) is 0 Å². The lowest BCUT2D eigenvalue weighted by Gasteiger charge is -2.21. The zero-order valence-electron chi connectivity index (χ0n) is 12.8. The van der Waals surface area contributed by atoms with Crippen molar-refractivity contribution in [3.05, 3.63) is 29.8 Å². The molecule has 7 nitrogen and oxygen atoms in total. The summed E-state index contributed by atoms with van der Waals surface area (Å²) in [5.74, 6) is -1.50. The molecule has 0 spiro atoms. The molecule has 3 N–H and O–H groups in total. The lowest BCUT2D eigenvalue weighted by atomic mass is 10.1. The Bertz CT molecular complexity index is 552. The zero-order valence-corrected chi connectivity index (χ0v) is 12.8. The summed E-state index contributed by atoms with van der Waals surface area (Å²) in [5.41, 5.74) is -1.00. The monoisotopic (exact) mass is 308 g/mol. The van der Waals surface area contributed by atoms with Gasteiger partial charge in [0, 0.05) is 5.56 Å². The molecule has 1 aromatic carbocycles. The van der Waals surface area contributed by atoms with Crippen LogP contribution in [0.1, 0.15) is 31.1 Å². The minimum absolute atomic E-state index is 0.303. The molecular formula is C15H20N2O5. The number of aliphatic carboxylic acids is 1. The van der Waals surface area contributed by atoms with Crippen molar-refractivity contribution in [3.63, 3.8) is 0 Å². The van der Waals surface area contributed by atoms with Crippen LogP contribution in [0.15, 0.2) is 24.3 Å². The smallest absolute Gasteiger partial charge is 0.328 e. The largest absolute Gasteiger partial charge is 0.494 e. The van der Waals surface area contributed by atoms with Crippen LogP contribution >= 0.6 is 0 Å². The van der Waals surface area contributed by atoms with Gasteiger partial charge in [0.2, 0.25) is 5.91 Å². The minimum atomic E-state index is -1.39. The van der Waals surface area contributed by atoms with E-state index in [4.69, 9.17) is 9.84 Å². The highest BCUT2D eigenvalue weighted by molar-refractivity contribution is 5.97. The van der Waals surface area contributed by atoms with E-state index in [2.05, 4.69) is 10.6 Å². The molecule has 0 unspecified atom stereocenters. The standard InChI is InChI=1S/C15H20N2O5/c1-4-22-11-7-5-10(6-8-11)13(19)16-9-12(18)17-15(2,3)14(20)21/h5-8H,4,9H2,1-3H3,(H,16,19)(H,17,18)(H,20,21). The van der Waals surface area contributed by atoms with Crippen LogP contribution in [0.4, 0.5) is 0 Å². The molecule has 0 aliphatic heterocycles. The predicted molar refractivity (Wildman–Crippen MR) is 79.8 cm³/mol. The highest BCUT2D eigenvalue weighted by atomic mass is 16.5. The number of rotatable bonds is 7. The van der Waals surface area contributed by atoms with Crippen LogP contribution in [0.25, 0.3) is 0 Å². The van der Waals surface area contributed by atoms with Gasteiger partial charge in [0.05, 0.1) is 13.2 Å². The van der Waals surface area contributed by atoms with Crippen molar-refractivity contribution in [1.29, 1.82) is 0 Å². The molecule has 0 heterocycles. The van der Waals surface area contributed by atoms with E-state index >= 15 is 0 Å². The first-order valence-electron chi connectivity index (χ1n) is 6.81. The van der Waals surface area contributed by atoms with Crippen molar-refractivity contribution in [2.45, 2.75) is 26.3 Å². The SMILES string of the molecule is CCOc1ccc(C(=O)NCC(=O)NC(C)(C)C(=O)O)cc1. The van der Waals surface area contributed by atoms with Gasteiger partial charge in [-0.05, 0) is 45.0 Å². The molecule has 1 aromatic rings. The van der Waals surface area contributed by atoms with Crippen LogP contribution in [0.3, 0.4) is 0 Å². The molecule has 0 radical (unpaired) electrons. The number of carbonyl (C=O) groups is 3. The highest BCUT2D eigenvalue weighted by Gasteiger charge is 2.28. The summed E-state index contributed by atoms with van der Waals surface area (Å²) in [5, 5.41) is 13.6. The third kappa shape index (κ3) is 5.08. The van der Waals surface area contributed by atoms with Crippen molar-refractivity contribution in [2.24, 2.45) is 0 Å². The summed E-state index contributed by atoms with van der Waals surface area (Å²) in [7, 11) is 0. The highest BCUT2D eigenvalue weighted by Crippen LogP contribution is 2.11. The Morgan fingerprint density at radius 1 is 1.18 bits per heavy atom. The van der Waals surface area contributed by atoms with Crippen LogP contribution in [0.2, 0.25) is 0 Å². The molecule has 0 aliphatic carbocycles. The maximum Gasteiger partial charge on any atom is 0.328 e. The van der Waals surface area contributed by atoms with E-state index in [1.165, 1.54) is 13.8 Å². The van der Waals surface area contributed by atoms with Crippen molar-refractivity contribution in [1.82, 2.24) is 10.6 Å². The van der Waals surface area contributed by atoms with Gasteiger partial charge in [0.25, 0.3) is 5.91 Å². The van der Waals surface area contributed by atoms with Gasteiger partial charge in [0.1, 0.15) is 11.3 Å². The summed E-state index contributed by atoms with van der Waals surface area (Å²) in [6, 6.07) is 6.48. The molecular weight excluding hydrogens is 288 g/mol. The van der Waals surface area contributed by atoms with E-state index in [0.717, 1.165) is 0 Å². The number of hydrogen-bond acceptors (Lipinski definition) is 4. The van der Waals surface area contributed by atoms with Gasteiger partial charge in [-0.3, -0.25) is 9.59 Å². The predicted octanol–water partition coefficient (Wildman–Crippen LogP) is 0.794. The van der Waals surface area contributed by atoms with Crippen molar-refractivity contribution < 1.29 is 24.2 Å². The molecule has 0 saturated carbocycles. The van der Waals surface area contributed by atoms with E-state index < -0.39 is 23.3 Å². The van der Waals surface area contributed by atoms with Crippen LogP contribution in [0, 0.1) is 0 Å². The Labute approximate surface area is 128 Å².